The molecule has 3 atom stereocenters. The molecule has 2 aromatic heterocycles. The van der Waals surface area contributed by atoms with E-state index >= 15 is 0 Å². The summed E-state index contributed by atoms with van der Waals surface area (Å²) < 4.78 is 1.95. The molecule has 32 heavy (non-hydrogen) atoms. The molecule has 3 N–H and O–H groups in total. The van der Waals surface area contributed by atoms with Crippen molar-refractivity contribution in [2.24, 2.45) is 11.8 Å². The van der Waals surface area contributed by atoms with Gasteiger partial charge in [0.25, 0.3) is 11.5 Å². The molecular formula is C24H27N5O2S. The van der Waals surface area contributed by atoms with E-state index in [0.717, 1.165) is 62.9 Å². The number of hydrogen-bond acceptors (Lipinski definition) is 6. The van der Waals surface area contributed by atoms with Crippen LogP contribution in [0.3, 0.4) is 0 Å². The summed E-state index contributed by atoms with van der Waals surface area (Å²) >= 11 is 1.29. The molecular weight excluding hydrogens is 422 g/mol. The Morgan fingerprint density at radius 2 is 2.06 bits per heavy atom. The Morgan fingerprint density at radius 3 is 2.81 bits per heavy atom. The van der Waals surface area contributed by atoms with Gasteiger partial charge in [0, 0.05) is 49.1 Å². The van der Waals surface area contributed by atoms with E-state index in [4.69, 9.17) is 5.73 Å². The fourth-order valence-corrected chi connectivity index (χ4v) is 6.65. The number of fused-ring (bicyclic) bond motifs is 2. The molecule has 2 aliphatic heterocycles. The third-order valence-corrected chi connectivity index (χ3v) is 8.16. The van der Waals surface area contributed by atoms with Crippen molar-refractivity contribution in [3.05, 3.63) is 56.8 Å². The smallest absolute Gasteiger partial charge is 0.271 e. The fraction of sp³-hybridized carbons (Fsp3) is 0.458. The molecule has 0 radical (unpaired) electrons. The van der Waals surface area contributed by atoms with Crippen LogP contribution in [0.2, 0.25) is 0 Å². The number of nitrogen functional groups attached to an aromatic ring is 1. The van der Waals surface area contributed by atoms with Crippen LogP contribution in [0.15, 0.2) is 34.4 Å². The minimum Gasteiger partial charge on any atom is -0.375 e. The van der Waals surface area contributed by atoms with E-state index in [0.29, 0.717) is 22.7 Å². The highest BCUT2D eigenvalue weighted by Gasteiger charge is 2.43. The lowest BCUT2D eigenvalue weighted by atomic mass is 9.91. The van der Waals surface area contributed by atoms with Crippen LogP contribution < -0.4 is 16.6 Å². The van der Waals surface area contributed by atoms with Gasteiger partial charge in [-0.1, -0.05) is 18.2 Å². The molecule has 2 bridgehead atoms. The molecule has 1 unspecified atom stereocenters. The van der Waals surface area contributed by atoms with Crippen molar-refractivity contribution < 1.29 is 4.79 Å². The van der Waals surface area contributed by atoms with Gasteiger partial charge in [0.05, 0.1) is 5.52 Å². The van der Waals surface area contributed by atoms with Crippen molar-refractivity contribution >= 4 is 33.3 Å². The highest BCUT2D eigenvalue weighted by molar-refractivity contribution is 7.13. The van der Waals surface area contributed by atoms with Crippen LogP contribution in [0.4, 0.5) is 5.13 Å². The zero-order valence-electron chi connectivity index (χ0n) is 17.9. The number of amides is 1. The average molecular weight is 450 g/mol. The molecule has 4 heterocycles. The number of aryl methyl sites for hydroxylation is 2. The summed E-state index contributed by atoms with van der Waals surface area (Å²) in [4.78, 5) is 32.1. The average Bonchev–Trinajstić information content (AvgIpc) is 3.31. The molecule has 2 fully saturated rings. The van der Waals surface area contributed by atoms with Gasteiger partial charge in [0.15, 0.2) is 5.13 Å². The van der Waals surface area contributed by atoms with E-state index in [1.54, 1.807) is 5.38 Å². The molecule has 1 saturated heterocycles. The number of carbonyl (C=O) groups is 1. The normalized spacial score (nSPS) is 24.7. The van der Waals surface area contributed by atoms with Crippen LogP contribution in [0.25, 0.3) is 10.9 Å². The Balaban J connectivity index is 1.22. The third-order valence-electron chi connectivity index (χ3n) is 7.48. The van der Waals surface area contributed by atoms with Crippen molar-refractivity contribution in [2.45, 2.75) is 44.8 Å². The Hall–Kier alpha value is -2.71. The van der Waals surface area contributed by atoms with Gasteiger partial charge in [-0.05, 0) is 48.6 Å². The van der Waals surface area contributed by atoms with Crippen molar-refractivity contribution in [3.63, 3.8) is 0 Å². The second kappa shape index (κ2) is 7.71. The van der Waals surface area contributed by atoms with Crippen LogP contribution in [0.5, 0.6) is 0 Å². The summed E-state index contributed by atoms with van der Waals surface area (Å²) in [7, 11) is 0. The van der Waals surface area contributed by atoms with Gasteiger partial charge in [-0.15, -0.1) is 11.3 Å². The number of carbonyl (C=O) groups excluding carboxylic acids is 1. The van der Waals surface area contributed by atoms with E-state index in [-0.39, 0.29) is 17.5 Å². The SMILES string of the molecule is Nc1nc(C(=O)NC2[C@@H]3CC[C@H]2CN(Cc2cc(=O)n4c5c(cccc25)CCC4)C3)cs1. The number of anilines is 1. The number of pyridine rings is 1. The molecule has 0 spiro atoms. The number of nitrogens with zero attached hydrogens (tertiary/aromatic N) is 3. The lowest BCUT2D eigenvalue weighted by molar-refractivity contribution is 0.0821. The van der Waals surface area contributed by atoms with Gasteiger partial charge in [0.1, 0.15) is 5.69 Å². The Bertz CT molecular complexity index is 1250. The molecule has 1 aromatic carbocycles. The van der Waals surface area contributed by atoms with E-state index in [1.165, 1.54) is 22.3 Å². The quantitative estimate of drug-likeness (QED) is 0.639. The minimum absolute atomic E-state index is 0.118. The van der Waals surface area contributed by atoms with Crippen molar-refractivity contribution in [1.82, 2.24) is 19.8 Å². The summed E-state index contributed by atoms with van der Waals surface area (Å²) in [5, 5.41) is 6.59. The topological polar surface area (TPSA) is 93.2 Å². The predicted octanol–water partition coefficient (Wildman–Crippen LogP) is 2.63. The summed E-state index contributed by atoms with van der Waals surface area (Å²) in [6.07, 6.45) is 4.32. The number of thiazole rings is 1. The standard InChI is InChI=1S/C24H27N5O2S/c25-24-26-19(13-32-24)23(31)27-21-15-6-7-16(21)11-28(10-15)12-17-9-20(30)29-8-2-4-14-3-1-5-18(17)22(14)29/h1,3,5,9,13,15-16,21H,2,4,6-8,10-12H2,(H2,25,26)(H,27,31)/t15-,16+,21?. The second-order valence-corrected chi connectivity index (χ2v) is 10.3. The van der Waals surface area contributed by atoms with Gasteiger partial charge in [-0.3, -0.25) is 14.5 Å². The summed E-state index contributed by atoms with van der Waals surface area (Å²) in [5.41, 5.74) is 9.77. The highest BCUT2D eigenvalue weighted by Crippen LogP contribution is 2.38. The number of aromatic nitrogens is 2. The second-order valence-electron chi connectivity index (χ2n) is 9.44. The van der Waals surface area contributed by atoms with Crippen LogP contribution in [-0.4, -0.2) is 39.5 Å². The van der Waals surface area contributed by atoms with E-state index in [9.17, 15) is 9.59 Å². The third kappa shape index (κ3) is 3.33. The van der Waals surface area contributed by atoms with Gasteiger partial charge >= 0.3 is 0 Å². The number of rotatable bonds is 4. The summed E-state index contributed by atoms with van der Waals surface area (Å²) in [6, 6.07) is 8.48. The van der Waals surface area contributed by atoms with Crippen molar-refractivity contribution in [1.29, 1.82) is 0 Å². The van der Waals surface area contributed by atoms with E-state index < -0.39 is 0 Å². The predicted molar refractivity (Wildman–Crippen MR) is 126 cm³/mol. The summed E-state index contributed by atoms with van der Waals surface area (Å²) in [6.45, 7) is 3.47. The lowest BCUT2D eigenvalue weighted by Crippen LogP contribution is -2.52. The zero-order valence-corrected chi connectivity index (χ0v) is 18.7. The van der Waals surface area contributed by atoms with Crippen molar-refractivity contribution in [3.8, 4) is 0 Å². The van der Waals surface area contributed by atoms with Gasteiger partial charge in [-0.25, -0.2) is 4.98 Å². The number of nitrogens with two attached hydrogens (primary N) is 1. The number of benzene rings is 1. The number of para-hydroxylation sites is 1. The van der Waals surface area contributed by atoms with Gasteiger partial charge in [-0.2, -0.15) is 0 Å². The molecule has 1 aliphatic carbocycles. The number of hydrogen-bond donors (Lipinski definition) is 2. The van der Waals surface area contributed by atoms with Crippen LogP contribution >= 0.6 is 11.3 Å². The van der Waals surface area contributed by atoms with Crippen molar-refractivity contribution in [2.75, 3.05) is 18.8 Å². The van der Waals surface area contributed by atoms with E-state index in [2.05, 4.69) is 33.4 Å². The summed E-state index contributed by atoms with van der Waals surface area (Å²) in [5.74, 6) is 0.731. The Labute approximate surface area is 190 Å². The molecule has 7 nitrogen and oxygen atoms in total. The van der Waals surface area contributed by atoms with Gasteiger partial charge in [0.2, 0.25) is 0 Å². The zero-order chi connectivity index (χ0) is 21.8. The highest BCUT2D eigenvalue weighted by atomic mass is 32.1. The number of piperidine rings is 1. The first-order valence-electron chi connectivity index (χ1n) is 11.5. The maximum atomic E-state index is 12.8. The first-order chi connectivity index (χ1) is 15.6. The maximum Gasteiger partial charge on any atom is 0.271 e. The number of nitrogens with one attached hydrogen (secondary N) is 1. The van der Waals surface area contributed by atoms with Crippen LogP contribution in [0.1, 0.15) is 40.9 Å². The van der Waals surface area contributed by atoms with Crippen LogP contribution in [-0.2, 0) is 19.5 Å². The maximum absolute atomic E-state index is 12.8. The Morgan fingerprint density at radius 1 is 1.25 bits per heavy atom. The number of likely N-dealkylation sites (tertiary alicyclic amines) is 1. The molecule has 3 aliphatic rings. The largest absolute Gasteiger partial charge is 0.375 e. The molecule has 6 rings (SSSR count). The molecule has 1 saturated carbocycles. The molecule has 3 aromatic rings. The van der Waals surface area contributed by atoms with Crippen LogP contribution in [0, 0.1) is 11.8 Å². The molecule has 166 valence electrons. The minimum atomic E-state index is -0.120. The fourth-order valence-electron chi connectivity index (χ4n) is 6.11. The lowest BCUT2D eigenvalue weighted by Gasteiger charge is -2.38. The first kappa shape index (κ1) is 19.9. The van der Waals surface area contributed by atoms with E-state index in [1.807, 2.05) is 10.6 Å². The Kier molecular flexibility index (Phi) is 4.80. The monoisotopic (exact) mass is 449 g/mol. The first-order valence-corrected chi connectivity index (χ1v) is 12.3. The molecule has 8 heteroatoms. The van der Waals surface area contributed by atoms with Gasteiger partial charge < -0.3 is 15.6 Å². The molecule has 1 amide bonds.